The van der Waals surface area contributed by atoms with Crippen molar-refractivity contribution in [3.63, 3.8) is 0 Å². The Hall–Kier alpha value is -1.88. The largest absolute Gasteiger partial charge is 0.382 e. The van der Waals surface area contributed by atoms with Gasteiger partial charge in [-0.25, -0.2) is 0 Å². The van der Waals surface area contributed by atoms with Crippen molar-refractivity contribution in [1.29, 1.82) is 0 Å². The van der Waals surface area contributed by atoms with E-state index >= 15 is 0 Å². The monoisotopic (exact) mass is 320 g/mol. The lowest BCUT2D eigenvalue weighted by atomic mass is 10.1. The summed E-state index contributed by atoms with van der Waals surface area (Å²) in [6.07, 6.45) is 3.66. The van der Waals surface area contributed by atoms with Crippen LogP contribution in [0, 0.1) is 4.91 Å². The minimum absolute atomic E-state index is 0.298. The minimum atomic E-state index is 0.298. The van der Waals surface area contributed by atoms with E-state index in [9.17, 15) is 4.91 Å². The average Bonchev–Trinajstić information content (AvgIpc) is 2.51. The highest BCUT2D eigenvalue weighted by molar-refractivity contribution is 6.31. The Labute approximate surface area is 135 Å². The first kappa shape index (κ1) is 16.5. The van der Waals surface area contributed by atoms with E-state index in [1.165, 1.54) is 5.01 Å². The maximum atomic E-state index is 10.5. The smallest absolute Gasteiger partial charge is 0.0737 e. The van der Waals surface area contributed by atoms with E-state index in [1.807, 2.05) is 31.2 Å². The van der Waals surface area contributed by atoms with E-state index in [-0.39, 0.29) is 0 Å². The molecule has 118 valence electrons. The molecule has 1 heterocycles. The molecule has 5 nitrogen and oxygen atoms in total. The number of hydrogen-bond acceptors (Lipinski definition) is 4. The van der Waals surface area contributed by atoms with Crippen LogP contribution in [0.2, 0.25) is 5.02 Å². The molecule has 2 rings (SSSR count). The third kappa shape index (κ3) is 4.31. The molecule has 0 amide bonds. The fourth-order valence-electron chi connectivity index (χ4n) is 2.42. The highest BCUT2D eigenvalue weighted by Crippen LogP contribution is 2.25. The van der Waals surface area contributed by atoms with Gasteiger partial charge in [0.15, 0.2) is 0 Å². The van der Waals surface area contributed by atoms with Gasteiger partial charge >= 0.3 is 0 Å². The maximum absolute atomic E-state index is 10.5. The van der Waals surface area contributed by atoms with E-state index in [1.54, 1.807) is 6.20 Å². The Morgan fingerprint density at radius 1 is 1.41 bits per heavy atom. The van der Waals surface area contributed by atoms with Crippen LogP contribution in [0.1, 0.15) is 26.7 Å². The summed E-state index contributed by atoms with van der Waals surface area (Å²) in [5, 5.41) is 9.77. The Morgan fingerprint density at radius 3 is 2.95 bits per heavy atom. The van der Waals surface area contributed by atoms with Gasteiger partial charge in [-0.3, -0.25) is 9.99 Å². The predicted octanol–water partition coefficient (Wildman–Crippen LogP) is 4.47. The number of hydrogen-bond donors (Lipinski definition) is 1. The van der Waals surface area contributed by atoms with E-state index in [4.69, 9.17) is 11.6 Å². The van der Waals surface area contributed by atoms with Gasteiger partial charge in [0.2, 0.25) is 0 Å². The molecule has 0 fully saturated rings. The highest BCUT2D eigenvalue weighted by Gasteiger charge is 2.07. The number of rotatable bonds is 8. The number of nitroso groups, excluding NO2 is 1. The number of nitrogens with one attached hydrogen (secondary N) is 1. The van der Waals surface area contributed by atoms with Gasteiger partial charge in [0.25, 0.3) is 0 Å². The summed E-state index contributed by atoms with van der Waals surface area (Å²) in [4.78, 5) is 14.9. The number of nitrogens with zero attached hydrogens (tertiary/aromatic N) is 3. The first-order valence-electron chi connectivity index (χ1n) is 7.53. The van der Waals surface area contributed by atoms with Gasteiger partial charge in [0.1, 0.15) is 0 Å². The second-order valence-electron chi connectivity index (χ2n) is 5.34. The first-order valence-corrected chi connectivity index (χ1v) is 7.91. The van der Waals surface area contributed by atoms with Crippen molar-refractivity contribution in [2.24, 2.45) is 5.29 Å². The second-order valence-corrected chi connectivity index (χ2v) is 5.77. The number of aromatic nitrogens is 1. The molecular weight excluding hydrogens is 300 g/mol. The number of anilines is 1. The van der Waals surface area contributed by atoms with Gasteiger partial charge in [0, 0.05) is 41.4 Å². The van der Waals surface area contributed by atoms with Crippen molar-refractivity contribution >= 4 is 28.2 Å². The van der Waals surface area contributed by atoms with Gasteiger partial charge < -0.3 is 5.32 Å². The molecular formula is C16H21ClN4O. The van der Waals surface area contributed by atoms with Gasteiger partial charge in [-0.1, -0.05) is 11.6 Å². The summed E-state index contributed by atoms with van der Waals surface area (Å²) in [6, 6.07) is 7.98. The molecule has 0 saturated heterocycles. The number of benzene rings is 1. The normalized spacial score (nSPS) is 12.1. The molecule has 1 N–H and O–H groups in total. The Morgan fingerprint density at radius 2 is 2.23 bits per heavy atom. The molecule has 1 aromatic heterocycles. The number of fused-ring (bicyclic) bond motifs is 1. The van der Waals surface area contributed by atoms with Crippen molar-refractivity contribution in [3.05, 3.63) is 40.4 Å². The molecule has 0 radical (unpaired) electrons. The Bertz CT molecular complexity index is 635. The van der Waals surface area contributed by atoms with Crippen LogP contribution in [-0.2, 0) is 0 Å². The zero-order valence-electron chi connectivity index (χ0n) is 12.9. The van der Waals surface area contributed by atoms with Crippen LogP contribution in [0.15, 0.2) is 35.7 Å². The van der Waals surface area contributed by atoms with Crippen molar-refractivity contribution in [2.45, 2.75) is 32.7 Å². The van der Waals surface area contributed by atoms with Crippen molar-refractivity contribution in [3.8, 4) is 0 Å². The standard InChI is InChI=1S/C16H21ClN4O/c1-3-21(20-22)10-4-5-12(2)19-15-8-9-18-16-11-13(17)6-7-14(15)16/h6-9,11-12H,3-5,10H2,1-2H3,(H,18,19). The topological polar surface area (TPSA) is 57.6 Å². The molecule has 0 aliphatic rings. The fourth-order valence-corrected chi connectivity index (χ4v) is 2.59. The second kappa shape index (κ2) is 7.94. The molecule has 0 bridgehead atoms. The predicted molar refractivity (Wildman–Crippen MR) is 92.1 cm³/mol. The molecule has 2 aromatic rings. The molecule has 1 atom stereocenters. The van der Waals surface area contributed by atoms with Gasteiger partial charge in [-0.05, 0) is 51.0 Å². The molecule has 0 aliphatic carbocycles. The fraction of sp³-hybridized carbons (Fsp3) is 0.438. The van der Waals surface area contributed by atoms with Crippen LogP contribution in [0.5, 0.6) is 0 Å². The third-order valence-electron chi connectivity index (χ3n) is 3.64. The maximum Gasteiger partial charge on any atom is 0.0737 e. The molecule has 0 saturated carbocycles. The summed E-state index contributed by atoms with van der Waals surface area (Å²) < 4.78 is 0. The van der Waals surface area contributed by atoms with Crippen molar-refractivity contribution in [1.82, 2.24) is 9.99 Å². The SMILES string of the molecule is CCN(CCCC(C)Nc1ccnc2cc(Cl)ccc12)N=O. The van der Waals surface area contributed by atoms with Gasteiger partial charge in [-0.2, -0.15) is 0 Å². The van der Waals surface area contributed by atoms with E-state index in [0.29, 0.717) is 24.2 Å². The summed E-state index contributed by atoms with van der Waals surface area (Å²) in [5.41, 5.74) is 1.93. The molecule has 0 aliphatic heterocycles. The van der Waals surface area contributed by atoms with Crippen molar-refractivity contribution < 1.29 is 0 Å². The van der Waals surface area contributed by atoms with Crippen LogP contribution in [-0.4, -0.2) is 29.1 Å². The lowest BCUT2D eigenvalue weighted by Gasteiger charge is -2.18. The van der Waals surface area contributed by atoms with Crippen LogP contribution >= 0.6 is 11.6 Å². The Balaban J connectivity index is 1.97. The van der Waals surface area contributed by atoms with Crippen LogP contribution in [0.4, 0.5) is 5.69 Å². The highest BCUT2D eigenvalue weighted by atomic mass is 35.5. The van der Waals surface area contributed by atoms with Gasteiger partial charge in [-0.15, -0.1) is 4.91 Å². The zero-order valence-corrected chi connectivity index (χ0v) is 13.7. The minimum Gasteiger partial charge on any atom is -0.382 e. The molecule has 1 unspecified atom stereocenters. The van der Waals surface area contributed by atoms with Crippen LogP contribution < -0.4 is 5.32 Å². The molecule has 0 spiro atoms. The van der Waals surface area contributed by atoms with Gasteiger partial charge in [0.05, 0.1) is 10.8 Å². The molecule has 22 heavy (non-hydrogen) atoms. The molecule has 1 aromatic carbocycles. The van der Waals surface area contributed by atoms with E-state index in [0.717, 1.165) is 29.4 Å². The van der Waals surface area contributed by atoms with E-state index < -0.39 is 0 Å². The summed E-state index contributed by atoms with van der Waals surface area (Å²) in [6.45, 7) is 5.41. The first-order chi connectivity index (χ1) is 10.6. The van der Waals surface area contributed by atoms with Crippen LogP contribution in [0.3, 0.4) is 0 Å². The lowest BCUT2D eigenvalue weighted by molar-refractivity contribution is 0.291. The summed E-state index contributed by atoms with van der Waals surface area (Å²) in [5.74, 6) is 0. The van der Waals surface area contributed by atoms with Crippen LogP contribution in [0.25, 0.3) is 10.9 Å². The van der Waals surface area contributed by atoms with E-state index in [2.05, 4.69) is 22.5 Å². The lowest BCUT2D eigenvalue weighted by Crippen LogP contribution is -2.21. The zero-order chi connectivity index (χ0) is 15.9. The number of halogens is 1. The third-order valence-corrected chi connectivity index (χ3v) is 3.88. The Kier molecular flexibility index (Phi) is 5.95. The quantitative estimate of drug-likeness (QED) is 0.576. The average molecular weight is 321 g/mol. The number of pyridine rings is 1. The summed E-state index contributed by atoms with van der Waals surface area (Å²) in [7, 11) is 0. The van der Waals surface area contributed by atoms with Crippen molar-refractivity contribution in [2.75, 3.05) is 18.4 Å². The molecule has 6 heteroatoms. The summed E-state index contributed by atoms with van der Waals surface area (Å²) >= 11 is 6.00.